The first-order valence-corrected chi connectivity index (χ1v) is 8.20. The number of nitrogens with one attached hydrogen (secondary N) is 1. The largest absolute Gasteiger partial charge is 0.354 e. The summed E-state index contributed by atoms with van der Waals surface area (Å²) in [6.45, 7) is 9.65. The van der Waals surface area contributed by atoms with Gasteiger partial charge in [0.15, 0.2) is 0 Å². The summed E-state index contributed by atoms with van der Waals surface area (Å²) in [4.78, 5) is 12.1. The van der Waals surface area contributed by atoms with Crippen molar-refractivity contribution < 1.29 is 4.79 Å². The monoisotopic (exact) mass is 287 g/mol. The van der Waals surface area contributed by atoms with E-state index >= 15 is 0 Å². The molecule has 0 aliphatic heterocycles. The number of rotatable bonds is 5. The summed E-state index contributed by atoms with van der Waals surface area (Å²) in [6, 6.07) is 0. The van der Waals surface area contributed by atoms with E-state index in [1.165, 1.54) is 12.8 Å². The van der Waals surface area contributed by atoms with Gasteiger partial charge >= 0.3 is 0 Å². The van der Waals surface area contributed by atoms with Gasteiger partial charge in [-0.3, -0.25) is 4.79 Å². The molecule has 0 spiro atoms. The van der Waals surface area contributed by atoms with Gasteiger partial charge in [0.05, 0.1) is 5.38 Å². The molecule has 1 unspecified atom stereocenters. The third-order valence-electron chi connectivity index (χ3n) is 4.42. The van der Waals surface area contributed by atoms with Crippen LogP contribution in [0.3, 0.4) is 0 Å². The molecule has 0 aromatic carbocycles. The first-order chi connectivity index (χ1) is 8.84. The lowest BCUT2D eigenvalue weighted by atomic mass is 9.69. The Balaban J connectivity index is 2.29. The highest BCUT2D eigenvalue weighted by Crippen LogP contribution is 2.39. The van der Waals surface area contributed by atoms with Crippen LogP contribution in [0, 0.1) is 17.3 Å². The van der Waals surface area contributed by atoms with Gasteiger partial charge in [0.2, 0.25) is 5.91 Å². The fraction of sp³-hybridized carbons (Fsp3) is 0.938. The third-order valence-corrected chi connectivity index (χ3v) is 4.79. The predicted octanol–water partition coefficient (Wildman–Crippen LogP) is 4.36. The second-order valence-electron chi connectivity index (χ2n) is 7.05. The molecule has 1 aliphatic carbocycles. The van der Waals surface area contributed by atoms with Crippen LogP contribution in [0.2, 0.25) is 0 Å². The molecular formula is C16H30ClNO. The van der Waals surface area contributed by atoms with E-state index in [4.69, 9.17) is 11.6 Å². The number of carbonyl (C=O) groups excluding carboxylic acids is 1. The molecule has 3 heteroatoms. The molecule has 0 saturated heterocycles. The van der Waals surface area contributed by atoms with Crippen molar-refractivity contribution in [1.82, 2.24) is 5.32 Å². The summed E-state index contributed by atoms with van der Waals surface area (Å²) in [5, 5.41) is 3.10. The molecule has 112 valence electrons. The molecule has 0 aromatic heterocycles. The normalized spacial score (nSPS) is 25.9. The van der Waals surface area contributed by atoms with Crippen LogP contribution in [0.1, 0.15) is 66.2 Å². The fourth-order valence-corrected chi connectivity index (χ4v) is 3.29. The van der Waals surface area contributed by atoms with Crippen LogP contribution in [-0.4, -0.2) is 17.8 Å². The summed E-state index contributed by atoms with van der Waals surface area (Å²) >= 11 is 6.13. The zero-order chi connectivity index (χ0) is 14.5. The summed E-state index contributed by atoms with van der Waals surface area (Å²) < 4.78 is 0. The highest BCUT2D eigenvalue weighted by atomic mass is 35.5. The van der Waals surface area contributed by atoms with Gasteiger partial charge in [-0.1, -0.05) is 34.1 Å². The predicted molar refractivity (Wildman–Crippen MR) is 82.5 cm³/mol. The van der Waals surface area contributed by atoms with E-state index in [2.05, 4.69) is 33.0 Å². The van der Waals surface area contributed by atoms with Gasteiger partial charge in [-0.05, 0) is 43.4 Å². The summed E-state index contributed by atoms with van der Waals surface area (Å²) in [5.41, 5.74) is 0.379. The molecule has 0 bridgehead atoms. The average molecular weight is 288 g/mol. The van der Waals surface area contributed by atoms with Crippen molar-refractivity contribution in [3.8, 4) is 0 Å². The SMILES string of the molecule is CCCC(Cl)CNC(=O)C1CCC(C(C)(C)C)CC1. The molecule has 1 atom stereocenters. The zero-order valence-electron chi connectivity index (χ0n) is 13.0. The summed E-state index contributed by atoms with van der Waals surface area (Å²) in [7, 11) is 0. The summed E-state index contributed by atoms with van der Waals surface area (Å²) in [5.74, 6) is 1.19. The molecule has 0 aromatic rings. The number of carbonyl (C=O) groups is 1. The minimum Gasteiger partial charge on any atom is -0.354 e. The number of amides is 1. The topological polar surface area (TPSA) is 29.1 Å². The second kappa shape index (κ2) is 7.52. The first-order valence-electron chi connectivity index (χ1n) is 7.76. The van der Waals surface area contributed by atoms with Crippen molar-refractivity contribution in [3.63, 3.8) is 0 Å². The molecule has 1 saturated carbocycles. The molecular weight excluding hydrogens is 258 g/mol. The lowest BCUT2D eigenvalue weighted by Gasteiger charge is -2.36. The Bertz CT molecular complexity index is 277. The molecule has 1 fully saturated rings. The van der Waals surface area contributed by atoms with Gasteiger partial charge in [0.1, 0.15) is 0 Å². The lowest BCUT2D eigenvalue weighted by molar-refractivity contribution is -0.126. The van der Waals surface area contributed by atoms with Gasteiger partial charge in [-0.15, -0.1) is 11.6 Å². The standard InChI is InChI=1S/C16H30ClNO/c1-5-6-14(17)11-18-15(19)12-7-9-13(10-8-12)16(2,3)4/h12-14H,5-11H2,1-4H3,(H,18,19). The second-order valence-corrected chi connectivity index (χ2v) is 7.66. The molecule has 1 amide bonds. The lowest BCUT2D eigenvalue weighted by Crippen LogP contribution is -2.37. The van der Waals surface area contributed by atoms with E-state index in [0.29, 0.717) is 12.0 Å². The number of alkyl halides is 1. The Morgan fingerprint density at radius 2 is 1.84 bits per heavy atom. The van der Waals surface area contributed by atoms with Crippen molar-refractivity contribution in [1.29, 1.82) is 0 Å². The van der Waals surface area contributed by atoms with Crippen LogP contribution in [-0.2, 0) is 4.79 Å². The smallest absolute Gasteiger partial charge is 0.223 e. The van der Waals surface area contributed by atoms with Crippen molar-refractivity contribution in [3.05, 3.63) is 0 Å². The van der Waals surface area contributed by atoms with Gasteiger partial charge in [-0.2, -0.15) is 0 Å². The average Bonchev–Trinajstić information content (AvgIpc) is 2.35. The molecule has 0 heterocycles. The van der Waals surface area contributed by atoms with Crippen molar-refractivity contribution in [2.24, 2.45) is 17.3 Å². The minimum atomic E-state index is 0.0832. The Kier molecular flexibility index (Phi) is 6.65. The van der Waals surface area contributed by atoms with Crippen molar-refractivity contribution >= 4 is 17.5 Å². The van der Waals surface area contributed by atoms with Gasteiger partial charge in [-0.25, -0.2) is 0 Å². The van der Waals surface area contributed by atoms with Gasteiger partial charge in [0, 0.05) is 12.5 Å². The maximum absolute atomic E-state index is 12.1. The van der Waals surface area contributed by atoms with E-state index in [9.17, 15) is 4.79 Å². The molecule has 0 radical (unpaired) electrons. The highest BCUT2D eigenvalue weighted by Gasteiger charge is 2.32. The quantitative estimate of drug-likeness (QED) is 0.748. The van der Waals surface area contributed by atoms with Crippen LogP contribution in [0.5, 0.6) is 0 Å². The van der Waals surface area contributed by atoms with E-state index in [1.807, 2.05) is 0 Å². The van der Waals surface area contributed by atoms with E-state index < -0.39 is 0 Å². The number of halogens is 1. The maximum atomic E-state index is 12.1. The Morgan fingerprint density at radius 3 is 2.32 bits per heavy atom. The fourth-order valence-electron chi connectivity index (χ4n) is 2.99. The van der Waals surface area contributed by atoms with Crippen LogP contribution in [0.4, 0.5) is 0 Å². The van der Waals surface area contributed by atoms with E-state index in [0.717, 1.165) is 31.6 Å². The van der Waals surface area contributed by atoms with E-state index in [-0.39, 0.29) is 17.2 Å². The minimum absolute atomic E-state index is 0.0832. The Labute approximate surface area is 123 Å². The van der Waals surface area contributed by atoms with Crippen LogP contribution in [0.15, 0.2) is 0 Å². The van der Waals surface area contributed by atoms with Gasteiger partial charge in [0.25, 0.3) is 0 Å². The van der Waals surface area contributed by atoms with E-state index in [1.54, 1.807) is 0 Å². The van der Waals surface area contributed by atoms with Gasteiger partial charge < -0.3 is 5.32 Å². The number of hydrogen-bond acceptors (Lipinski definition) is 1. The number of hydrogen-bond donors (Lipinski definition) is 1. The van der Waals surface area contributed by atoms with Crippen LogP contribution in [0.25, 0.3) is 0 Å². The zero-order valence-corrected chi connectivity index (χ0v) is 13.7. The van der Waals surface area contributed by atoms with Crippen LogP contribution < -0.4 is 5.32 Å². The molecule has 19 heavy (non-hydrogen) atoms. The molecule has 1 N–H and O–H groups in total. The Morgan fingerprint density at radius 1 is 1.26 bits per heavy atom. The third kappa shape index (κ3) is 5.72. The molecule has 2 nitrogen and oxygen atoms in total. The first kappa shape index (κ1) is 16.8. The highest BCUT2D eigenvalue weighted by molar-refractivity contribution is 6.20. The van der Waals surface area contributed by atoms with Crippen molar-refractivity contribution in [2.45, 2.75) is 71.6 Å². The van der Waals surface area contributed by atoms with Crippen LogP contribution >= 0.6 is 11.6 Å². The molecule has 1 aliphatic rings. The molecule has 1 rings (SSSR count). The summed E-state index contributed by atoms with van der Waals surface area (Å²) in [6.07, 6.45) is 6.48. The Hall–Kier alpha value is -0.240. The van der Waals surface area contributed by atoms with Crippen molar-refractivity contribution in [2.75, 3.05) is 6.54 Å². The maximum Gasteiger partial charge on any atom is 0.223 e.